The van der Waals surface area contributed by atoms with Crippen LogP contribution < -0.4 is 15.0 Å². The van der Waals surface area contributed by atoms with Gasteiger partial charge in [0.15, 0.2) is 6.61 Å². The van der Waals surface area contributed by atoms with Crippen LogP contribution in [0.5, 0.6) is 5.75 Å². The van der Waals surface area contributed by atoms with Crippen molar-refractivity contribution in [3.05, 3.63) is 23.2 Å². The van der Waals surface area contributed by atoms with Crippen LogP contribution in [0.3, 0.4) is 0 Å². The second-order valence-corrected chi connectivity index (χ2v) is 3.99. The van der Waals surface area contributed by atoms with E-state index in [1.54, 1.807) is 18.2 Å². The third-order valence-electron chi connectivity index (χ3n) is 2.44. The number of ether oxygens (including phenoxy) is 1. The van der Waals surface area contributed by atoms with Crippen LogP contribution in [0.25, 0.3) is 0 Å². The summed E-state index contributed by atoms with van der Waals surface area (Å²) < 4.78 is 5.25. The Kier molecular flexibility index (Phi) is 3.19. The van der Waals surface area contributed by atoms with Gasteiger partial charge in [-0.15, -0.1) is 0 Å². The Bertz CT molecular complexity index is 476. The number of halogens is 1. The van der Waals surface area contributed by atoms with Crippen molar-refractivity contribution in [1.82, 2.24) is 5.32 Å². The van der Waals surface area contributed by atoms with E-state index in [0.29, 0.717) is 16.5 Å². The number of nitrogens with zero attached hydrogens (tertiary/aromatic N) is 1. The van der Waals surface area contributed by atoms with Crippen molar-refractivity contribution in [3.8, 4) is 5.75 Å². The van der Waals surface area contributed by atoms with Gasteiger partial charge in [0.25, 0.3) is 5.91 Å². The fourth-order valence-electron chi connectivity index (χ4n) is 1.57. The zero-order chi connectivity index (χ0) is 12.4. The summed E-state index contributed by atoms with van der Waals surface area (Å²) in [5, 5.41) is 2.96. The molecular formula is C11H11ClN2O3. The number of hydrogen-bond acceptors (Lipinski definition) is 3. The zero-order valence-corrected chi connectivity index (χ0v) is 9.95. The third kappa shape index (κ3) is 2.34. The molecule has 17 heavy (non-hydrogen) atoms. The molecule has 1 heterocycles. The van der Waals surface area contributed by atoms with Crippen LogP contribution in [-0.2, 0) is 9.59 Å². The molecule has 6 heteroatoms. The van der Waals surface area contributed by atoms with Crippen LogP contribution in [0.1, 0.15) is 0 Å². The summed E-state index contributed by atoms with van der Waals surface area (Å²) in [5.74, 6) is 0.0486. The molecular weight excluding hydrogens is 244 g/mol. The first-order valence-corrected chi connectivity index (χ1v) is 5.43. The molecule has 5 nitrogen and oxygen atoms in total. The van der Waals surface area contributed by atoms with Crippen LogP contribution in [0.2, 0.25) is 5.02 Å². The number of benzene rings is 1. The number of anilines is 1. The molecule has 90 valence electrons. The topological polar surface area (TPSA) is 58.6 Å². The SMILES string of the molecule is CNC(=O)CN1C(=O)COc2ccc(Cl)cc21. The van der Waals surface area contributed by atoms with E-state index in [-0.39, 0.29) is 25.0 Å². The van der Waals surface area contributed by atoms with Gasteiger partial charge in [-0.25, -0.2) is 0 Å². The molecule has 1 aromatic carbocycles. The Morgan fingerprint density at radius 2 is 2.35 bits per heavy atom. The maximum Gasteiger partial charge on any atom is 0.265 e. The van der Waals surface area contributed by atoms with Crippen molar-refractivity contribution in [2.45, 2.75) is 0 Å². The Hall–Kier alpha value is -1.75. The number of hydrogen-bond donors (Lipinski definition) is 1. The fourth-order valence-corrected chi connectivity index (χ4v) is 1.74. The monoisotopic (exact) mass is 254 g/mol. The number of nitrogens with one attached hydrogen (secondary N) is 1. The smallest absolute Gasteiger partial charge is 0.265 e. The van der Waals surface area contributed by atoms with E-state index >= 15 is 0 Å². The average molecular weight is 255 g/mol. The third-order valence-corrected chi connectivity index (χ3v) is 2.68. The first kappa shape index (κ1) is 11.7. The van der Waals surface area contributed by atoms with Gasteiger partial charge in [0, 0.05) is 12.1 Å². The van der Waals surface area contributed by atoms with Gasteiger partial charge < -0.3 is 10.1 Å². The quantitative estimate of drug-likeness (QED) is 0.850. The minimum absolute atomic E-state index is 0.0357. The molecule has 2 rings (SSSR count). The first-order valence-electron chi connectivity index (χ1n) is 5.05. The van der Waals surface area contributed by atoms with Crippen LogP contribution in [-0.4, -0.2) is 32.0 Å². The van der Waals surface area contributed by atoms with Crippen LogP contribution >= 0.6 is 11.6 Å². The van der Waals surface area contributed by atoms with Crippen LogP contribution in [0.15, 0.2) is 18.2 Å². The summed E-state index contributed by atoms with van der Waals surface area (Å²) in [6.07, 6.45) is 0. The van der Waals surface area contributed by atoms with Gasteiger partial charge in [-0.2, -0.15) is 0 Å². The second kappa shape index (κ2) is 4.63. The highest BCUT2D eigenvalue weighted by atomic mass is 35.5. The van der Waals surface area contributed by atoms with Crippen molar-refractivity contribution >= 4 is 29.1 Å². The first-order chi connectivity index (χ1) is 8.11. The average Bonchev–Trinajstić information content (AvgIpc) is 2.32. The molecule has 2 amide bonds. The van der Waals surface area contributed by atoms with Gasteiger partial charge in [0.1, 0.15) is 12.3 Å². The number of carbonyl (C=O) groups is 2. The number of carbonyl (C=O) groups excluding carboxylic acids is 2. The summed E-state index contributed by atoms with van der Waals surface area (Å²) in [7, 11) is 1.52. The molecule has 1 N–H and O–H groups in total. The Morgan fingerprint density at radius 1 is 1.59 bits per heavy atom. The summed E-state index contributed by atoms with van der Waals surface area (Å²) in [4.78, 5) is 24.4. The lowest BCUT2D eigenvalue weighted by Crippen LogP contribution is -2.44. The van der Waals surface area contributed by atoms with Crippen molar-refractivity contribution in [3.63, 3.8) is 0 Å². The van der Waals surface area contributed by atoms with Crippen LogP contribution in [0.4, 0.5) is 5.69 Å². The largest absolute Gasteiger partial charge is 0.482 e. The van der Waals surface area contributed by atoms with E-state index in [4.69, 9.17) is 16.3 Å². The lowest BCUT2D eigenvalue weighted by molar-refractivity contribution is -0.125. The molecule has 0 radical (unpaired) electrons. The molecule has 1 aliphatic rings. The van der Waals surface area contributed by atoms with E-state index in [9.17, 15) is 9.59 Å². The molecule has 1 aromatic rings. The van der Waals surface area contributed by atoms with E-state index in [0.717, 1.165) is 0 Å². The van der Waals surface area contributed by atoms with Crippen molar-refractivity contribution in [2.75, 3.05) is 25.1 Å². The number of likely N-dealkylation sites (N-methyl/N-ethyl adjacent to an activating group) is 1. The van der Waals surface area contributed by atoms with Gasteiger partial charge in [-0.05, 0) is 18.2 Å². The molecule has 0 fully saturated rings. The summed E-state index contributed by atoms with van der Waals surface area (Å²) in [6.45, 7) is -0.0995. The maximum absolute atomic E-state index is 11.7. The Morgan fingerprint density at radius 3 is 3.06 bits per heavy atom. The van der Waals surface area contributed by atoms with Crippen molar-refractivity contribution < 1.29 is 14.3 Å². The minimum Gasteiger partial charge on any atom is -0.482 e. The van der Waals surface area contributed by atoms with Gasteiger partial charge in [0.05, 0.1) is 5.69 Å². The molecule has 1 aliphatic heterocycles. The van der Waals surface area contributed by atoms with E-state index in [1.807, 2.05) is 0 Å². The van der Waals surface area contributed by atoms with Gasteiger partial charge in [-0.3, -0.25) is 14.5 Å². The highest BCUT2D eigenvalue weighted by molar-refractivity contribution is 6.31. The second-order valence-electron chi connectivity index (χ2n) is 3.55. The van der Waals surface area contributed by atoms with Crippen molar-refractivity contribution in [1.29, 1.82) is 0 Å². The number of rotatable bonds is 2. The van der Waals surface area contributed by atoms with Gasteiger partial charge in [-0.1, -0.05) is 11.6 Å². The highest BCUT2D eigenvalue weighted by Gasteiger charge is 2.27. The molecule has 0 aliphatic carbocycles. The number of fused-ring (bicyclic) bond motifs is 1. The summed E-state index contributed by atoms with van der Waals surface area (Å²) in [5.41, 5.74) is 0.525. The predicted molar refractivity (Wildman–Crippen MR) is 63.4 cm³/mol. The molecule has 0 bridgehead atoms. The summed E-state index contributed by atoms with van der Waals surface area (Å²) in [6, 6.07) is 4.96. The molecule has 0 spiro atoms. The van der Waals surface area contributed by atoms with Crippen LogP contribution in [0, 0.1) is 0 Å². The minimum atomic E-state index is -0.261. The highest BCUT2D eigenvalue weighted by Crippen LogP contribution is 2.34. The lowest BCUT2D eigenvalue weighted by Gasteiger charge is -2.28. The van der Waals surface area contributed by atoms with Gasteiger partial charge in [0.2, 0.25) is 5.91 Å². The predicted octanol–water partition coefficient (Wildman–Crippen LogP) is 0.811. The number of amides is 2. The zero-order valence-electron chi connectivity index (χ0n) is 9.20. The Balaban J connectivity index is 2.35. The van der Waals surface area contributed by atoms with E-state index < -0.39 is 0 Å². The summed E-state index contributed by atoms with van der Waals surface area (Å²) >= 11 is 5.87. The Labute approximate surface area is 103 Å². The standard InChI is InChI=1S/C11H11ClN2O3/c1-13-10(15)5-14-8-4-7(12)2-3-9(8)17-6-11(14)16/h2-4H,5-6H2,1H3,(H,13,15). The normalized spacial score (nSPS) is 14.0. The maximum atomic E-state index is 11.7. The lowest BCUT2D eigenvalue weighted by atomic mass is 10.2. The van der Waals surface area contributed by atoms with Crippen molar-refractivity contribution in [2.24, 2.45) is 0 Å². The molecule has 0 saturated carbocycles. The molecule has 0 unspecified atom stereocenters. The molecule has 0 aromatic heterocycles. The van der Waals surface area contributed by atoms with E-state index in [2.05, 4.69) is 5.32 Å². The van der Waals surface area contributed by atoms with E-state index in [1.165, 1.54) is 11.9 Å². The van der Waals surface area contributed by atoms with Gasteiger partial charge >= 0.3 is 0 Å². The fraction of sp³-hybridized carbons (Fsp3) is 0.273. The molecule has 0 saturated heterocycles. The molecule has 0 atom stereocenters.